The molecule has 0 aromatic carbocycles. The number of alkyl carbamates (subject to hydrolysis) is 1. The van der Waals surface area contributed by atoms with Gasteiger partial charge in [-0.2, -0.15) is 0 Å². The minimum atomic E-state index is -0.474. The number of anilines is 2. The van der Waals surface area contributed by atoms with E-state index in [1.165, 1.54) is 79.1 Å². The van der Waals surface area contributed by atoms with Crippen LogP contribution >= 0.6 is 0 Å². The summed E-state index contributed by atoms with van der Waals surface area (Å²) in [6.07, 6.45) is 18.1. The zero-order valence-corrected chi connectivity index (χ0v) is 43.6. The molecular formula is C57H78N14O2. The van der Waals surface area contributed by atoms with Crippen LogP contribution in [0, 0.1) is 11.8 Å². The van der Waals surface area contributed by atoms with E-state index in [9.17, 15) is 4.79 Å². The van der Waals surface area contributed by atoms with Crippen molar-refractivity contribution in [2.75, 3.05) is 101 Å². The molecule has 0 spiro atoms. The molecule has 4 atom stereocenters. The Morgan fingerprint density at radius 3 is 1.60 bits per heavy atom. The number of nitrogens with zero attached hydrogens (tertiary/aromatic N) is 12. The van der Waals surface area contributed by atoms with Gasteiger partial charge in [0.1, 0.15) is 28.5 Å². The molecule has 4 saturated heterocycles. The molecule has 2 aliphatic carbocycles. The fraction of sp³-hybridized carbons (Fsp3) is 0.561. The summed E-state index contributed by atoms with van der Waals surface area (Å²) in [5.74, 6) is 3.86. The van der Waals surface area contributed by atoms with Crippen molar-refractivity contribution in [2.45, 2.75) is 103 Å². The molecule has 3 N–H and O–H groups in total. The van der Waals surface area contributed by atoms with E-state index in [-0.39, 0.29) is 6.09 Å². The first-order valence-electron chi connectivity index (χ1n) is 27.6. The zero-order chi connectivity index (χ0) is 49.9. The Morgan fingerprint density at radius 2 is 1.12 bits per heavy atom. The fourth-order valence-electron chi connectivity index (χ4n) is 13.0. The number of likely N-dealkylation sites (tertiary alicyclic amines) is 2. The molecule has 6 aliphatic rings. The average molecular weight is 991 g/mol. The highest BCUT2D eigenvalue weighted by atomic mass is 16.6. The Bertz CT molecular complexity index is 2810. The third-order valence-corrected chi connectivity index (χ3v) is 16.4. The predicted molar refractivity (Wildman–Crippen MR) is 288 cm³/mol. The highest BCUT2D eigenvalue weighted by Gasteiger charge is 2.39. The predicted octanol–water partition coefficient (Wildman–Crippen LogP) is 6.99. The van der Waals surface area contributed by atoms with Crippen molar-refractivity contribution < 1.29 is 9.53 Å². The van der Waals surface area contributed by atoms with Gasteiger partial charge in [0.15, 0.2) is 0 Å². The van der Waals surface area contributed by atoms with Gasteiger partial charge in [-0.05, 0) is 145 Å². The lowest BCUT2D eigenvalue weighted by molar-refractivity contribution is 0.0521. The summed E-state index contributed by atoms with van der Waals surface area (Å²) in [6.45, 7) is 20.8. The van der Waals surface area contributed by atoms with Crippen molar-refractivity contribution in [3.8, 4) is 0 Å². The number of aromatic nitrogens is 6. The molecule has 16 nitrogen and oxygen atoms in total. The summed E-state index contributed by atoms with van der Waals surface area (Å²) >= 11 is 0. The Kier molecular flexibility index (Phi) is 15.0. The van der Waals surface area contributed by atoms with Crippen molar-refractivity contribution in [1.29, 1.82) is 0 Å². The van der Waals surface area contributed by atoms with Gasteiger partial charge in [-0.1, -0.05) is 24.3 Å². The number of amides is 1. The van der Waals surface area contributed by atoms with Crippen LogP contribution in [-0.4, -0.2) is 152 Å². The zero-order valence-electron chi connectivity index (χ0n) is 43.6. The van der Waals surface area contributed by atoms with Crippen molar-refractivity contribution in [3.05, 3.63) is 119 Å². The lowest BCUT2D eigenvalue weighted by Crippen LogP contribution is -2.49. The summed E-state index contributed by atoms with van der Waals surface area (Å²) in [6, 6.07) is 22.5. The van der Waals surface area contributed by atoms with Crippen LogP contribution in [0.4, 0.5) is 16.4 Å². The average Bonchev–Trinajstić information content (AvgIpc) is 4.02. The number of hydrogen-bond donors (Lipinski definition) is 2. The molecule has 6 aromatic heterocycles. The number of carbonyl (C=O) groups excluding carboxylic acids is 1. The van der Waals surface area contributed by atoms with E-state index in [0.717, 1.165) is 133 Å². The number of rotatable bonds is 11. The number of ether oxygens (including phenoxy) is 1. The first kappa shape index (κ1) is 49.6. The molecule has 0 radical (unpaired) electrons. The molecule has 0 unspecified atom stereocenters. The topological polar surface area (TPSA) is 144 Å². The Hall–Kier alpha value is -5.65. The van der Waals surface area contributed by atoms with Crippen LogP contribution in [0.25, 0.3) is 11.3 Å². The number of carbonyl (C=O) groups is 1. The number of fused-ring (bicyclic) bond motifs is 8. The molecule has 0 bridgehead atoms. The molecule has 388 valence electrons. The summed E-state index contributed by atoms with van der Waals surface area (Å²) in [7, 11) is 0. The normalized spacial score (nSPS) is 23.0. The van der Waals surface area contributed by atoms with E-state index in [1.54, 1.807) is 0 Å². The second-order valence-electron chi connectivity index (χ2n) is 22.4. The van der Waals surface area contributed by atoms with Crippen molar-refractivity contribution in [2.24, 2.45) is 17.6 Å². The summed E-state index contributed by atoms with van der Waals surface area (Å²) in [4.78, 5) is 46.8. The molecule has 0 saturated carbocycles. The molecule has 1 amide bonds. The first-order chi connectivity index (χ1) is 35.6. The standard InChI is InChI=1S/C31H43N7O2.C26H35N7/c1-31(2,3)40-30(39)33-14-16-35-17-19-36(20-18-35)27-10-4-9-26-34-25(22-38(26)27)21-37-15-6-8-24-12-11-23-7-5-13-32-28(23)29(24)37;27-10-13-30-14-16-31(17-15-30)24-7-1-6-23-29-22(19-33(23)24)18-32-12-3-5-21-9-8-20-4-2-11-28-25(20)26(21)32/h4-5,7,9-10,13,22,24,29H,6,8,11-12,14-21H2,1-3H3,(H,33,39);1-2,4,6-7,11,19,21,26H,3,5,8-10,12-18,27H2/t24-,29-;21-,26-/m00/s1. The van der Waals surface area contributed by atoms with E-state index < -0.39 is 5.60 Å². The van der Waals surface area contributed by atoms with Crippen LogP contribution in [0.1, 0.15) is 105 Å². The number of pyridine rings is 4. The smallest absolute Gasteiger partial charge is 0.407 e. The monoisotopic (exact) mass is 991 g/mol. The summed E-state index contributed by atoms with van der Waals surface area (Å²) in [5, 5.41) is 2.88. The number of hydrogen-bond acceptors (Lipinski definition) is 13. The molecule has 6 aromatic rings. The molecule has 10 heterocycles. The van der Waals surface area contributed by atoms with Gasteiger partial charge in [0.2, 0.25) is 0 Å². The van der Waals surface area contributed by atoms with Gasteiger partial charge in [-0.25, -0.2) is 14.8 Å². The second-order valence-corrected chi connectivity index (χ2v) is 22.4. The third-order valence-electron chi connectivity index (χ3n) is 16.4. The molecular weight excluding hydrogens is 913 g/mol. The summed E-state index contributed by atoms with van der Waals surface area (Å²) in [5.41, 5.74) is 15.1. The maximum atomic E-state index is 11.9. The number of nitrogens with two attached hydrogens (primary N) is 1. The molecule has 4 aliphatic heterocycles. The van der Waals surface area contributed by atoms with Crippen LogP contribution in [0.3, 0.4) is 0 Å². The quantitative estimate of drug-likeness (QED) is 0.138. The Labute approximate surface area is 431 Å². The van der Waals surface area contributed by atoms with Gasteiger partial charge >= 0.3 is 6.09 Å². The van der Waals surface area contributed by atoms with Crippen molar-refractivity contribution >= 4 is 29.0 Å². The highest BCUT2D eigenvalue weighted by molar-refractivity contribution is 5.67. The lowest BCUT2D eigenvalue weighted by Gasteiger charge is -2.44. The molecule has 73 heavy (non-hydrogen) atoms. The van der Waals surface area contributed by atoms with E-state index in [4.69, 9.17) is 30.4 Å². The molecule has 12 rings (SSSR count). The largest absolute Gasteiger partial charge is 0.444 e. The van der Waals surface area contributed by atoms with Crippen LogP contribution in [0.2, 0.25) is 0 Å². The first-order valence-corrected chi connectivity index (χ1v) is 27.6. The molecule has 4 fully saturated rings. The second kappa shape index (κ2) is 22.1. The maximum absolute atomic E-state index is 11.9. The minimum Gasteiger partial charge on any atom is -0.444 e. The van der Waals surface area contributed by atoms with E-state index in [1.807, 2.05) is 33.2 Å². The number of nitrogens with one attached hydrogen (secondary N) is 1. The highest BCUT2D eigenvalue weighted by Crippen LogP contribution is 2.45. The SMILES string of the molecule is CC(C)(C)OC(=O)NCCN1CCN(c2cccc3nc(CN4CCC[C@H]5CCc6cccnc6[C@H]54)cn23)CC1.NCCN1CCN(c2cccc3nc(CN4CCC[C@H]5CCc6cccnc6[C@H]54)cn23)CC1. The van der Waals surface area contributed by atoms with Gasteiger partial charge in [0.25, 0.3) is 0 Å². The number of piperazine rings is 2. The van der Waals surface area contributed by atoms with E-state index >= 15 is 0 Å². The van der Waals surface area contributed by atoms with Crippen LogP contribution in [-0.2, 0) is 30.7 Å². The lowest BCUT2D eigenvalue weighted by atomic mass is 9.77. The summed E-state index contributed by atoms with van der Waals surface area (Å²) < 4.78 is 9.90. The van der Waals surface area contributed by atoms with Crippen molar-refractivity contribution in [1.82, 2.24) is 53.7 Å². The van der Waals surface area contributed by atoms with Gasteiger partial charge in [-0.3, -0.25) is 38.4 Å². The number of aryl methyl sites for hydroxylation is 2. The van der Waals surface area contributed by atoms with Crippen molar-refractivity contribution in [3.63, 3.8) is 0 Å². The minimum absolute atomic E-state index is 0.349. The van der Waals surface area contributed by atoms with E-state index in [0.29, 0.717) is 24.5 Å². The number of piperidine rings is 2. The van der Waals surface area contributed by atoms with Gasteiger partial charge in [0, 0.05) is 116 Å². The Balaban J connectivity index is 0.000000160. The van der Waals surface area contributed by atoms with Gasteiger partial charge < -0.3 is 25.6 Å². The van der Waals surface area contributed by atoms with Crippen LogP contribution < -0.4 is 20.9 Å². The molecule has 16 heteroatoms. The van der Waals surface area contributed by atoms with Gasteiger partial charge in [-0.15, -0.1) is 0 Å². The third kappa shape index (κ3) is 11.2. The Morgan fingerprint density at radius 1 is 0.630 bits per heavy atom. The maximum Gasteiger partial charge on any atom is 0.407 e. The van der Waals surface area contributed by atoms with E-state index in [2.05, 4.69) is 117 Å². The van der Waals surface area contributed by atoms with Crippen LogP contribution in [0.15, 0.2) is 85.5 Å². The van der Waals surface area contributed by atoms with Crippen LogP contribution in [0.5, 0.6) is 0 Å². The fourth-order valence-corrected chi connectivity index (χ4v) is 13.0. The number of imidazole rings is 2. The van der Waals surface area contributed by atoms with Gasteiger partial charge in [0.05, 0.1) is 34.9 Å².